The van der Waals surface area contributed by atoms with E-state index >= 15 is 0 Å². The third-order valence-corrected chi connectivity index (χ3v) is 5.20. The summed E-state index contributed by atoms with van der Waals surface area (Å²) in [6, 6.07) is 23.2. The van der Waals surface area contributed by atoms with Crippen LogP contribution in [-0.4, -0.2) is 36.3 Å². The number of anilines is 4. The van der Waals surface area contributed by atoms with Gasteiger partial charge in [-0.25, -0.2) is 0 Å². The highest BCUT2D eigenvalue weighted by Crippen LogP contribution is 2.20. The lowest BCUT2D eigenvalue weighted by Gasteiger charge is -2.12. The zero-order valence-corrected chi connectivity index (χ0v) is 19.9. The number of nitrogens with one attached hydrogen (secondary N) is 3. The van der Waals surface area contributed by atoms with Crippen LogP contribution in [0.3, 0.4) is 0 Å². The molecule has 4 rings (SSSR count). The predicted octanol–water partition coefficient (Wildman–Crippen LogP) is 4.87. The lowest BCUT2D eigenvalue weighted by Crippen LogP contribution is -2.11. The van der Waals surface area contributed by atoms with Gasteiger partial charge >= 0.3 is 0 Å². The molecule has 0 amide bonds. The summed E-state index contributed by atoms with van der Waals surface area (Å²) in [6.07, 6.45) is 0. The Morgan fingerprint density at radius 3 is 1.29 bits per heavy atom. The van der Waals surface area contributed by atoms with Gasteiger partial charge in [0.25, 0.3) is 0 Å². The van der Waals surface area contributed by atoms with Crippen LogP contribution in [0.4, 0.5) is 23.5 Å². The molecule has 1 aromatic heterocycles. The highest BCUT2D eigenvalue weighted by atomic mass is 16.5. The van der Waals surface area contributed by atoms with Gasteiger partial charge in [-0.15, -0.1) is 0 Å². The van der Waals surface area contributed by atoms with E-state index in [1.165, 1.54) is 0 Å². The molecule has 35 heavy (non-hydrogen) atoms. The highest BCUT2D eigenvalue weighted by Gasteiger charge is 2.08. The molecular weight excluding hydrogens is 444 g/mol. The van der Waals surface area contributed by atoms with Crippen molar-refractivity contribution in [2.24, 2.45) is 0 Å². The summed E-state index contributed by atoms with van der Waals surface area (Å²) in [5, 5.41) is 9.79. The monoisotopic (exact) mass is 472 g/mol. The Hall–Kier alpha value is -4.53. The van der Waals surface area contributed by atoms with Crippen LogP contribution >= 0.6 is 0 Å². The highest BCUT2D eigenvalue weighted by molar-refractivity contribution is 5.56. The number of aromatic nitrogens is 3. The molecule has 0 atom stereocenters. The number of rotatable bonds is 11. The second-order valence-electron chi connectivity index (χ2n) is 7.56. The lowest BCUT2D eigenvalue weighted by atomic mass is 10.2. The van der Waals surface area contributed by atoms with Gasteiger partial charge in [-0.05, 0) is 59.7 Å². The first-order valence-electron chi connectivity index (χ1n) is 11.1. The van der Waals surface area contributed by atoms with Crippen molar-refractivity contribution in [1.82, 2.24) is 15.0 Å². The summed E-state index contributed by atoms with van der Waals surface area (Å²) < 4.78 is 15.7. The molecule has 0 aliphatic rings. The molecule has 0 aliphatic heterocycles. The molecule has 0 spiro atoms. The maximum atomic E-state index is 5.23. The number of ether oxygens (including phenoxy) is 3. The van der Waals surface area contributed by atoms with Gasteiger partial charge in [0.1, 0.15) is 17.2 Å². The van der Waals surface area contributed by atoms with Gasteiger partial charge in [-0.3, -0.25) is 0 Å². The van der Waals surface area contributed by atoms with E-state index in [4.69, 9.17) is 14.2 Å². The Morgan fingerprint density at radius 2 is 0.886 bits per heavy atom. The fourth-order valence-electron chi connectivity index (χ4n) is 3.24. The van der Waals surface area contributed by atoms with E-state index in [9.17, 15) is 0 Å². The average molecular weight is 473 g/mol. The normalized spacial score (nSPS) is 10.4. The van der Waals surface area contributed by atoms with Gasteiger partial charge in [0.2, 0.25) is 17.8 Å². The van der Waals surface area contributed by atoms with E-state index in [1.54, 1.807) is 21.3 Å². The summed E-state index contributed by atoms with van der Waals surface area (Å²) in [4.78, 5) is 13.6. The Kier molecular flexibility index (Phi) is 7.80. The molecule has 3 N–H and O–H groups in total. The zero-order chi connectivity index (χ0) is 24.5. The fraction of sp³-hybridized carbons (Fsp3) is 0.192. The van der Waals surface area contributed by atoms with E-state index in [2.05, 4.69) is 30.9 Å². The molecule has 0 radical (unpaired) electrons. The minimum atomic E-state index is 0.416. The van der Waals surface area contributed by atoms with Gasteiger partial charge in [0.05, 0.1) is 21.3 Å². The standard InChI is InChI=1S/C26H28N6O3/c1-33-21-10-4-18(5-11-21)16-27-24-30-25(28-17-19-6-12-22(34-2)13-7-19)32-26(31-24)29-20-8-14-23(35-3)15-9-20/h4-15H,16-17H2,1-3H3,(H3,27,28,29,30,31,32). The zero-order valence-electron chi connectivity index (χ0n) is 19.9. The van der Waals surface area contributed by atoms with E-state index in [-0.39, 0.29) is 0 Å². The van der Waals surface area contributed by atoms with E-state index in [1.807, 2.05) is 72.8 Å². The molecule has 0 fully saturated rings. The Morgan fingerprint density at radius 1 is 0.514 bits per heavy atom. The molecule has 3 aromatic carbocycles. The molecule has 4 aromatic rings. The van der Waals surface area contributed by atoms with Crippen LogP contribution in [-0.2, 0) is 13.1 Å². The molecule has 9 heteroatoms. The molecular formula is C26H28N6O3. The average Bonchev–Trinajstić information content (AvgIpc) is 2.91. The number of nitrogens with zero attached hydrogens (tertiary/aromatic N) is 3. The summed E-state index contributed by atoms with van der Waals surface area (Å²) in [7, 11) is 4.93. The van der Waals surface area contributed by atoms with Crippen LogP contribution in [0.1, 0.15) is 11.1 Å². The molecule has 0 saturated heterocycles. The Labute approximate surface area is 204 Å². The summed E-state index contributed by atoms with van der Waals surface area (Å²) in [6.45, 7) is 1.10. The van der Waals surface area contributed by atoms with Gasteiger partial charge in [0.15, 0.2) is 0 Å². The Bertz CT molecular complexity index is 1150. The quantitative estimate of drug-likeness (QED) is 0.282. The van der Waals surface area contributed by atoms with Crippen molar-refractivity contribution in [3.05, 3.63) is 83.9 Å². The number of benzene rings is 3. The predicted molar refractivity (Wildman–Crippen MR) is 137 cm³/mol. The van der Waals surface area contributed by atoms with Crippen molar-refractivity contribution in [2.75, 3.05) is 37.3 Å². The number of hydrogen-bond donors (Lipinski definition) is 3. The topological polar surface area (TPSA) is 102 Å². The van der Waals surface area contributed by atoms with Crippen LogP contribution in [0.2, 0.25) is 0 Å². The van der Waals surface area contributed by atoms with Crippen molar-refractivity contribution in [3.8, 4) is 17.2 Å². The van der Waals surface area contributed by atoms with Gasteiger partial charge in [0, 0.05) is 18.8 Å². The number of hydrogen-bond acceptors (Lipinski definition) is 9. The first kappa shape index (κ1) is 23.6. The van der Waals surface area contributed by atoms with Crippen molar-refractivity contribution in [2.45, 2.75) is 13.1 Å². The second kappa shape index (κ2) is 11.6. The maximum absolute atomic E-state index is 5.23. The molecule has 0 saturated carbocycles. The van der Waals surface area contributed by atoms with Crippen molar-refractivity contribution in [3.63, 3.8) is 0 Å². The smallest absolute Gasteiger partial charge is 0.233 e. The van der Waals surface area contributed by atoms with Crippen LogP contribution < -0.4 is 30.2 Å². The third-order valence-electron chi connectivity index (χ3n) is 5.20. The number of methoxy groups -OCH3 is 3. The molecule has 9 nitrogen and oxygen atoms in total. The lowest BCUT2D eigenvalue weighted by molar-refractivity contribution is 0.414. The molecule has 0 aliphatic carbocycles. The van der Waals surface area contributed by atoms with Crippen LogP contribution in [0, 0.1) is 0 Å². The van der Waals surface area contributed by atoms with E-state index in [0.717, 1.165) is 34.1 Å². The summed E-state index contributed by atoms with van der Waals surface area (Å²) in [5.74, 6) is 3.71. The maximum Gasteiger partial charge on any atom is 0.233 e. The van der Waals surface area contributed by atoms with Crippen molar-refractivity contribution in [1.29, 1.82) is 0 Å². The minimum absolute atomic E-state index is 0.416. The molecule has 0 unspecified atom stereocenters. The molecule has 1 heterocycles. The molecule has 180 valence electrons. The van der Waals surface area contributed by atoms with Crippen LogP contribution in [0.5, 0.6) is 17.2 Å². The van der Waals surface area contributed by atoms with E-state index < -0.39 is 0 Å². The van der Waals surface area contributed by atoms with Crippen molar-refractivity contribution < 1.29 is 14.2 Å². The van der Waals surface area contributed by atoms with Crippen LogP contribution in [0.25, 0.3) is 0 Å². The second-order valence-corrected chi connectivity index (χ2v) is 7.56. The van der Waals surface area contributed by atoms with Crippen LogP contribution in [0.15, 0.2) is 72.8 Å². The molecule has 0 bridgehead atoms. The summed E-state index contributed by atoms with van der Waals surface area (Å²) in [5.41, 5.74) is 2.98. The Balaban J connectivity index is 1.50. The summed E-state index contributed by atoms with van der Waals surface area (Å²) >= 11 is 0. The fourth-order valence-corrected chi connectivity index (χ4v) is 3.24. The third kappa shape index (κ3) is 6.73. The van der Waals surface area contributed by atoms with Gasteiger partial charge in [-0.1, -0.05) is 24.3 Å². The SMILES string of the molecule is COc1ccc(CNc2nc(NCc3ccc(OC)cc3)nc(Nc3ccc(OC)cc3)n2)cc1. The largest absolute Gasteiger partial charge is 0.497 e. The van der Waals surface area contributed by atoms with Crippen molar-refractivity contribution >= 4 is 23.5 Å². The van der Waals surface area contributed by atoms with E-state index in [0.29, 0.717) is 30.9 Å². The first-order chi connectivity index (χ1) is 17.1. The first-order valence-corrected chi connectivity index (χ1v) is 11.1. The van der Waals surface area contributed by atoms with Gasteiger partial charge in [-0.2, -0.15) is 15.0 Å². The minimum Gasteiger partial charge on any atom is -0.497 e. The van der Waals surface area contributed by atoms with Gasteiger partial charge < -0.3 is 30.2 Å².